The summed E-state index contributed by atoms with van der Waals surface area (Å²) in [6.07, 6.45) is 1.02. The van der Waals surface area contributed by atoms with Gasteiger partial charge in [0.15, 0.2) is 0 Å². The van der Waals surface area contributed by atoms with Gasteiger partial charge in [0.05, 0.1) is 36.9 Å². The van der Waals surface area contributed by atoms with Gasteiger partial charge >= 0.3 is 0 Å². The van der Waals surface area contributed by atoms with E-state index >= 15 is 0 Å². The Morgan fingerprint density at radius 1 is 1.21 bits per heavy atom. The van der Waals surface area contributed by atoms with E-state index in [2.05, 4.69) is 5.32 Å². The van der Waals surface area contributed by atoms with Gasteiger partial charge < -0.3 is 14.8 Å². The van der Waals surface area contributed by atoms with Crippen LogP contribution in [0.2, 0.25) is 5.02 Å². The summed E-state index contributed by atoms with van der Waals surface area (Å²) in [5, 5.41) is 2.90. The minimum absolute atomic E-state index is 0.0975. The van der Waals surface area contributed by atoms with Crippen molar-refractivity contribution in [3.8, 4) is 11.5 Å². The molecule has 7 nitrogen and oxygen atoms in total. The molecular weight excluding hydrogens is 423 g/mol. The number of sulfonamides is 1. The van der Waals surface area contributed by atoms with Gasteiger partial charge in [-0.05, 0) is 18.6 Å². The molecule has 0 saturated heterocycles. The van der Waals surface area contributed by atoms with Crippen molar-refractivity contribution in [3.05, 3.63) is 47.2 Å². The third kappa shape index (κ3) is 5.10. The Labute approximate surface area is 174 Å². The number of nitrogens with one attached hydrogen (secondary N) is 1. The highest BCUT2D eigenvalue weighted by molar-refractivity contribution is 7.92. The fraction of sp³-hybridized carbons (Fsp3) is 0.316. The highest BCUT2D eigenvalue weighted by Crippen LogP contribution is 2.36. The van der Waals surface area contributed by atoms with Gasteiger partial charge in [-0.2, -0.15) is 0 Å². The predicted octanol–water partition coefficient (Wildman–Crippen LogP) is 3.68. The molecule has 0 aliphatic carbocycles. The van der Waals surface area contributed by atoms with Crippen LogP contribution >= 0.6 is 11.6 Å². The van der Waals surface area contributed by atoms with E-state index < -0.39 is 27.8 Å². The Bertz CT molecular complexity index is 1000. The molecule has 0 bridgehead atoms. The third-order valence-electron chi connectivity index (χ3n) is 4.15. The lowest BCUT2D eigenvalue weighted by Crippen LogP contribution is -2.47. The van der Waals surface area contributed by atoms with E-state index in [0.29, 0.717) is 5.75 Å². The molecule has 10 heteroatoms. The maximum absolute atomic E-state index is 14.3. The third-order valence-corrected chi connectivity index (χ3v) is 5.61. The minimum atomic E-state index is -3.97. The summed E-state index contributed by atoms with van der Waals surface area (Å²) < 4.78 is 50.3. The molecule has 0 heterocycles. The average Bonchev–Trinajstić information content (AvgIpc) is 2.66. The van der Waals surface area contributed by atoms with Crippen molar-refractivity contribution in [1.29, 1.82) is 0 Å². The van der Waals surface area contributed by atoms with Crippen molar-refractivity contribution >= 4 is 38.9 Å². The molecule has 1 N–H and O–H groups in total. The van der Waals surface area contributed by atoms with Crippen molar-refractivity contribution in [3.63, 3.8) is 0 Å². The number of carbonyl (C=O) groups excluding carboxylic acids is 1. The molecule has 0 radical (unpaired) electrons. The van der Waals surface area contributed by atoms with Crippen LogP contribution in [0, 0.1) is 5.82 Å². The van der Waals surface area contributed by atoms with Gasteiger partial charge in [0, 0.05) is 12.1 Å². The summed E-state index contributed by atoms with van der Waals surface area (Å²) >= 11 is 6.07. The second kappa shape index (κ2) is 9.32. The lowest BCUT2D eigenvalue weighted by Gasteiger charge is -2.30. The number of hydrogen-bond acceptors (Lipinski definition) is 5. The highest BCUT2D eigenvalue weighted by Gasteiger charge is 2.33. The predicted molar refractivity (Wildman–Crippen MR) is 111 cm³/mol. The van der Waals surface area contributed by atoms with E-state index in [1.165, 1.54) is 44.6 Å². The van der Waals surface area contributed by atoms with Crippen LogP contribution in [0.25, 0.3) is 0 Å². The topological polar surface area (TPSA) is 84.9 Å². The van der Waals surface area contributed by atoms with Crippen LogP contribution in [0.5, 0.6) is 11.5 Å². The second-order valence-electron chi connectivity index (χ2n) is 6.11. The van der Waals surface area contributed by atoms with Gasteiger partial charge in [-0.3, -0.25) is 9.10 Å². The molecule has 29 heavy (non-hydrogen) atoms. The normalized spacial score (nSPS) is 12.2. The minimum Gasteiger partial charge on any atom is -0.495 e. The summed E-state index contributed by atoms with van der Waals surface area (Å²) in [4.78, 5) is 13.0. The van der Waals surface area contributed by atoms with Gasteiger partial charge in [0.25, 0.3) is 0 Å². The average molecular weight is 445 g/mol. The summed E-state index contributed by atoms with van der Waals surface area (Å²) in [6.45, 7) is 1.63. The monoisotopic (exact) mass is 444 g/mol. The number of benzene rings is 2. The molecule has 0 unspecified atom stereocenters. The first-order valence-corrected chi connectivity index (χ1v) is 10.8. The van der Waals surface area contributed by atoms with Crippen LogP contribution in [-0.4, -0.2) is 40.8 Å². The number of para-hydroxylation sites is 1. The molecule has 0 aliphatic heterocycles. The number of carbonyl (C=O) groups is 1. The zero-order valence-electron chi connectivity index (χ0n) is 16.4. The lowest BCUT2D eigenvalue weighted by atomic mass is 10.1. The number of halogens is 2. The van der Waals surface area contributed by atoms with E-state index in [-0.39, 0.29) is 28.6 Å². The summed E-state index contributed by atoms with van der Waals surface area (Å²) in [5.74, 6) is -0.862. The number of amides is 1. The number of rotatable bonds is 8. The summed E-state index contributed by atoms with van der Waals surface area (Å²) in [5.41, 5.74) is 0.0248. The number of nitrogens with zero attached hydrogens (tertiary/aromatic N) is 1. The molecule has 1 atom stereocenters. The van der Waals surface area contributed by atoms with Gasteiger partial charge in [-0.15, -0.1) is 0 Å². The van der Waals surface area contributed by atoms with Crippen molar-refractivity contribution < 1.29 is 27.1 Å². The van der Waals surface area contributed by atoms with E-state index in [4.69, 9.17) is 21.1 Å². The Kier molecular flexibility index (Phi) is 7.32. The van der Waals surface area contributed by atoms with Crippen molar-refractivity contribution in [2.45, 2.75) is 19.4 Å². The lowest BCUT2D eigenvalue weighted by molar-refractivity contribution is -0.117. The Morgan fingerprint density at radius 3 is 2.34 bits per heavy atom. The number of anilines is 2. The molecule has 0 spiro atoms. The number of ether oxygens (including phenoxy) is 2. The molecular formula is C19H22ClFN2O5S. The van der Waals surface area contributed by atoms with Gasteiger partial charge in [-0.25, -0.2) is 12.8 Å². The standard InChI is InChI=1S/C19H22ClFN2O5S/c1-5-15(23(29(4,25)26)16-9-7-6-8-13(16)21)19(24)22-14-11-17(27-2)12(20)10-18(14)28-3/h6-11,15H,5H2,1-4H3,(H,22,24)/t15-/m0/s1. The Morgan fingerprint density at radius 2 is 1.83 bits per heavy atom. The van der Waals surface area contributed by atoms with Gasteiger partial charge in [-0.1, -0.05) is 30.7 Å². The van der Waals surface area contributed by atoms with Crippen LogP contribution < -0.4 is 19.1 Å². The van der Waals surface area contributed by atoms with Gasteiger partial charge in [0.2, 0.25) is 15.9 Å². The maximum Gasteiger partial charge on any atom is 0.248 e. The van der Waals surface area contributed by atoms with Crippen LogP contribution in [0.4, 0.5) is 15.8 Å². The van der Waals surface area contributed by atoms with Crippen LogP contribution in [0.15, 0.2) is 36.4 Å². The largest absolute Gasteiger partial charge is 0.495 e. The highest BCUT2D eigenvalue weighted by atomic mass is 35.5. The molecule has 0 fully saturated rings. The van der Waals surface area contributed by atoms with Gasteiger partial charge in [0.1, 0.15) is 23.4 Å². The van der Waals surface area contributed by atoms with E-state index in [1.807, 2.05) is 0 Å². The molecule has 2 aromatic carbocycles. The quantitative estimate of drug-likeness (QED) is 0.671. The van der Waals surface area contributed by atoms with E-state index in [9.17, 15) is 17.6 Å². The van der Waals surface area contributed by atoms with E-state index in [0.717, 1.165) is 16.6 Å². The number of methoxy groups -OCH3 is 2. The fourth-order valence-corrected chi connectivity index (χ4v) is 4.28. The molecule has 2 aromatic rings. The Balaban J connectivity index is 2.47. The van der Waals surface area contributed by atoms with Crippen molar-refractivity contribution in [2.24, 2.45) is 0 Å². The number of hydrogen-bond donors (Lipinski definition) is 1. The van der Waals surface area contributed by atoms with Crippen LogP contribution in [-0.2, 0) is 14.8 Å². The first kappa shape index (κ1) is 22.8. The smallest absolute Gasteiger partial charge is 0.248 e. The summed E-state index contributed by atoms with van der Waals surface area (Å²) in [6, 6.07) is 7.08. The maximum atomic E-state index is 14.3. The molecule has 158 valence electrons. The molecule has 1 amide bonds. The SMILES string of the molecule is CC[C@@H](C(=O)Nc1cc(OC)c(Cl)cc1OC)N(c1ccccc1F)S(C)(=O)=O. The van der Waals surface area contributed by atoms with Crippen LogP contribution in [0.3, 0.4) is 0 Å². The van der Waals surface area contributed by atoms with Crippen LogP contribution in [0.1, 0.15) is 13.3 Å². The molecule has 2 rings (SSSR count). The zero-order valence-corrected chi connectivity index (χ0v) is 18.0. The van der Waals surface area contributed by atoms with E-state index in [1.54, 1.807) is 6.92 Å². The molecule has 0 saturated carbocycles. The summed E-state index contributed by atoms with van der Waals surface area (Å²) in [7, 11) is -1.16. The first-order chi connectivity index (χ1) is 13.6. The zero-order chi connectivity index (χ0) is 21.8. The van der Waals surface area contributed by atoms with Crippen molar-refractivity contribution in [1.82, 2.24) is 0 Å². The first-order valence-electron chi connectivity index (χ1n) is 8.60. The second-order valence-corrected chi connectivity index (χ2v) is 8.38. The Hall–Kier alpha value is -2.52. The molecule has 0 aliphatic rings. The molecule has 0 aromatic heterocycles. The fourth-order valence-electron chi connectivity index (χ4n) is 2.84. The van der Waals surface area contributed by atoms with Crippen molar-refractivity contribution in [2.75, 3.05) is 30.1 Å².